The van der Waals surface area contributed by atoms with Gasteiger partial charge < -0.3 is 19.9 Å². The summed E-state index contributed by atoms with van der Waals surface area (Å²) < 4.78 is 5.27. The molecule has 1 saturated carbocycles. The van der Waals surface area contributed by atoms with Crippen molar-refractivity contribution in [2.45, 2.75) is 76.8 Å². The number of methoxy groups -OCH3 is 1. The molecule has 7 heteroatoms. The van der Waals surface area contributed by atoms with Gasteiger partial charge >= 0.3 is 0 Å². The molecule has 40 heavy (non-hydrogen) atoms. The highest BCUT2D eigenvalue weighted by Crippen LogP contribution is 2.42. The summed E-state index contributed by atoms with van der Waals surface area (Å²) in [5, 5.41) is 3.43. The van der Waals surface area contributed by atoms with Gasteiger partial charge in [0.15, 0.2) is 0 Å². The van der Waals surface area contributed by atoms with E-state index < -0.39 is 0 Å². The molecule has 218 valence electrons. The molecule has 5 rings (SSSR count). The fourth-order valence-corrected chi connectivity index (χ4v) is 6.81. The Bertz CT molecular complexity index is 1080. The molecular weight excluding hydrogens is 522 g/mol. The standard InChI is InChI=1S/C33H45N3O3.ClH/c1-39-29-15-13-26(14-16-29)25-36-24-20-33(32(36)38)18-22-35(23-19-33)21-17-30(27-9-7-4-8-10-27)34-31(37)28-11-5-2-3-6-12-28;/h4,7-10,13-16,28,30H,2-3,5-6,11-12,17-25H2,1H3,(H,34,37);1H. The predicted molar refractivity (Wildman–Crippen MR) is 162 cm³/mol. The molecular formula is C33H46ClN3O3. The summed E-state index contributed by atoms with van der Waals surface area (Å²) in [4.78, 5) is 31.3. The van der Waals surface area contributed by atoms with Gasteiger partial charge in [0.25, 0.3) is 0 Å². The van der Waals surface area contributed by atoms with Crippen molar-refractivity contribution in [3.8, 4) is 5.75 Å². The topological polar surface area (TPSA) is 61.9 Å². The number of piperidine rings is 1. The van der Waals surface area contributed by atoms with E-state index in [0.29, 0.717) is 12.5 Å². The normalized spacial score (nSPS) is 20.5. The molecule has 0 bridgehead atoms. The highest BCUT2D eigenvalue weighted by atomic mass is 35.5. The minimum atomic E-state index is -0.199. The van der Waals surface area contributed by atoms with E-state index >= 15 is 0 Å². The van der Waals surface area contributed by atoms with Crippen molar-refractivity contribution in [1.29, 1.82) is 0 Å². The van der Waals surface area contributed by atoms with Crippen LogP contribution in [0, 0.1) is 11.3 Å². The van der Waals surface area contributed by atoms with E-state index in [1.54, 1.807) is 7.11 Å². The molecule has 1 spiro atoms. The number of benzene rings is 2. The van der Waals surface area contributed by atoms with Gasteiger partial charge in [-0.05, 0) is 74.9 Å². The molecule has 2 aliphatic heterocycles. The van der Waals surface area contributed by atoms with Crippen molar-refractivity contribution >= 4 is 24.2 Å². The SMILES string of the molecule is COc1ccc(CN2CCC3(CCN(CCC(NC(=O)C4CCCCCC4)c4ccccc4)CC3)C2=O)cc1.Cl. The van der Waals surface area contributed by atoms with E-state index in [4.69, 9.17) is 4.74 Å². The quantitative estimate of drug-likeness (QED) is 0.369. The molecule has 2 saturated heterocycles. The minimum absolute atomic E-state index is 0. The van der Waals surface area contributed by atoms with Crippen LogP contribution in [-0.2, 0) is 16.1 Å². The van der Waals surface area contributed by atoms with Crippen molar-refractivity contribution in [2.24, 2.45) is 11.3 Å². The Morgan fingerprint density at radius 1 is 0.950 bits per heavy atom. The molecule has 2 heterocycles. The Morgan fingerprint density at radius 3 is 2.25 bits per heavy atom. The average molecular weight is 568 g/mol. The minimum Gasteiger partial charge on any atom is -0.497 e. The zero-order chi connectivity index (χ0) is 27.1. The van der Waals surface area contributed by atoms with Crippen LogP contribution in [0.4, 0.5) is 0 Å². The maximum Gasteiger partial charge on any atom is 0.229 e. The van der Waals surface area contributed by atoms with Crippen molar-refractivity contribution < 1.29 is 14.3 Å². The van der Waals surface area contributed by atoms with Crippen LogP contribution in [0.15, 0.2) is 54.6 Å². The maximum absolute atomic E-state index is 13.5. The zero-order valence-corrected chi connectivity index (χ0v) is 24.8. The van der Waals surface area contributed by atoms with Crippen LogP contribution in [-0.4, -0.2) is 54.9 Å². The lowest BCUT2D eigenvalue weighted by atomic mass is 9.77. The number of likely N-dealkylation sites (tertiary alicyclic amines) is 2. The first-order chi connectivity index (χ1) is 19.1. The van der Waals surface area contributed by atoms with Gasteiger partial charge in [0.1, 0.15) is 5.75 Å². The molecule has 2 aromatic rings. The number of nitrogens with zero attached hydrogens (tertiary/aromatic N) is 2. The largest absolute Gasteiger partial charge is 0.497 e. The number of nitrogens with one attached hydrogen (secondary N) is 1. The van der Waals surface area contributed by atoms with E-state index in [1.807, 2.05) is 23.1 Å². The summed E-state index contributed by atoms with van der Waals surface area (Å²) in [6, 6.07) is 18.5. The van der Waals surface area contributed by atoms with Crippen LogP contribution in [0.5, 0.6) is 5.75 Å². The second-order valence-electron chi connectivity index (χ2n) is 11.9. The Labute approximate surface area is 246 Å². The van der Waals surface area contributed by atoms with Crippen LogP contribution in [0.3, 0.4) is 0 Å². The maximum atomic E-state index is 13.5. The van der Waals surface area contributed by atoms with Gasteiger partial charge in [-0.15, -0.1) is 12.4 Å². The third-order valence-electron chi connectivity index (χ3n) is 9.43. The van der Waals surface area contributed by atoms with Gasteiger partial charge in [0.05, 0.1) is 18.6 Å². The lowest BCUT2D eigenvalue weighted by molar-refractivity contribution is -0.139. The van der Waals surface area contributed by atoms with Gasteiger partial charge in [-0.2, -0.15) is 0 Å². The number of carbonyl (C=O) groups is 2. The summed E-state index contributed by atoms with van der Waals surface area (Å²) >= 11 is 0. The number of amides is 2. The Hall–Kier alpha value is -2.57. The summed E-state index contributed by atoms with van der Waals surface area (Å²) in [6.45, 7) is 4.34. The first-order valence-corrected chi connectivity index (χ1v) is 15.1. The van der Waals surface area contributed by atoms with E-state index in [0.717, 1.165) is 76.0 Å². The van der Waals surface area contributed by atoms with Crippen LogP contribution < -0.4 is 10.1 Å². The van der Waals surface area contributed by atoms with Crippen LogP contribution in [0.1, 0.15) is 81.4 Å². The fraction of sp³-hybridized carbons (Fsp3) is 0.576. The molecule has 0 aromatic heterocycles. The monoisotopic (exact) mass is 567 g/mol. The van der Waals surface area contributed by atoms with E-state index in [1.165, 1.54) is 31.2 Å². The molecule has 1 N–H and O–H groups in total. The van der Waals surface area contributed by atoms with Gasteiger partial charge in [-0.1, -0.05) is 68.1 Å². The van der Waals surface area contributed by atoms with Gasteiger partial charge in [-0.25, -0.2) is 0 Å². The Balaban J connectivity index is 0.00000370. The molecule has 2 aromatic carbocycles. The second kappa shape index (κ2) is 14.4. The molecule has 2 amide bonds. The molecule has 1 unspecified atom stereocenters. The summed E-state index contributed by atoms with van der Waals surface area (Å²) in [5.74, 6) is 1.56. The van der Waals surface area contributed by atoms with E-state index in [-0.39, 0.29) is 35.7 Å². The summed E-state index contributed by atoms with van der Waals surface area (Å²) in [5.41, 5.74) is 2.14. The summed E-state index contributed by atoms with van der Waals surface area (Å²) in [6.07, 6.45) is 10.6. The number of hydrogen-bond donors (Lipinski definition) is 1. The van der Waals surface area contributed by atoms with Crippen LogP contribution >= 0.6 is 12.4 Å². The number of hydrogen-bond acceptors (Lipinski definition) is 4. The van der Waals surface area contributed by atoms with E-state index in [9.17, 15) is 9.59 Å². The van der Waals surface area contributed by atoms with Crippen LogP contribution in [0.25, 0.3) is 0 Å². The van der Waals surface area contributed by atoms with Gasteiger partial charge in [0.2, 0.25) is 11.8 Å². The molecule has 3 aliphatic rings. The van der Waals surface area contributed by atoms with Crippen molar-refractivity contribution in [3.63, 3.8) is 0 Å². The first kappa shape index (κ1) is 30.4. The predicted octanol–water partition coefficient (Wildman–Crippen LogP) is 6.15. The van der Waals surface area contributed by atoms with Crippen molar-refractivity contribution in [1.82, 2.24) is 15.1 Å². The molecule has 1 aliphatic carbocycles. The molecule has 0 radical (unpaired) electrons. The highest BCUT2D eigenvalue weighted by molar-refractivity contribution is 5.85. The smallest absolute Gasteiger partial charge is 0.229 e. The molecule has 1 atom stereocenters. The van der Waals surface area contributed by atoms with Gasteiger partial charge in [-0.3, -0.25) is 9.59 Å². The lowest BCUT2D eigenvalue weighted by Gasteiger charge is -2.38. The number of carbonyl (C=O) groups excluding carboxylic acids is 2. The molecule has 6 nitrogen and oxygen atoms in total. The highest BCUT2D eigenvalue weighted by Gasteiger charge is 2.47. The Kier molecular flexibility index (Phi) is 10.9. The van der Waals surface area contributed by atoms with Crippen molar-refractivity contribution in [2.75, 3.05) is 33.3 Å². The van der Waals surface area contributed by atoms with Crippen molar-refractivity contribution in [3.05, 3.63) is 65.7 Å². The first-order valence-electron chi connectivity index (χ1n) is 15.1. The third kappa shape index (κ3) is 7.38. The zero-order valence-electron chi connectivity index (χ0n) is 24.0. The second-order valence-corrected chi connectivity index (χ2v) is 11.9. The van der Waals surface area contributed by atoms with E-state index in [2.05, 4.69) is 46.6 Å². The average Bonchev–Trinajstić information content (AvgIpc) is 3.15. The number of rotatable bonds is 9. The van der Waals surface area contributed by atoms with Gasteiger partial charge in [0, 0.05) is 25.6 Å². The van der Waals surface area contributed by atoms with Crippen LogP contribution in [0.2, 0.25) is 0 Å². The third-order valence-corrected chi connectivity index (χ3v) is 9.43. The Morgan fingerprint density at radius 2 is 1.60 bits per heavy atom. The fourth-order valence-electron chi connectivity index (χ4n) is 6.81. The summed E-state index contributed by atoms with van der Waals surface area (Å²) in [7, 11) is 1.67. The number of halogens is 1. The molecule has 3 fully saturated rings. The number of ether oxygens (including phenoxy) is 1. The lowest BCUT2D eigenvalue weighted by Crippen LogP contribution is -2.45.